The van der Waals surface area contributed by atoms with Gasteiger partial charge in [0, 0.05) is 39.9 Å². The summed E-state index contributed by atoms with van der Waals surface area (Å²) in [6, 6.07) is -0.109. The van der Waals surface area contributed by atoms with Crippen LogP contribution in [0.25, 0.3) is 0 Å². The third kappa shape index (κ3) is 3.06. The molecule has 1 aliphatic heterocycles. The first kappa shape index (κ1) is 9.28. The van der Waals surface area contributed by atoms with Crippen LogP contribution in [-0.4, -0.2) is 50.8 Å². The van der Waals surface area contributed by atoms with Crippen molar-refractivity contribution >= 4 is 6.03 Å². The highest BCUT2D eigenvalue weighted by molar-refractivity contribution is 5.73. The van der Waals surface area contributed by atoms with Crippen LogP contribution in [0.15, 0.2) is 0 Å². The Hall–Kier alpha value is -0.810. The average Bonchev–Trinajstić information content (AvgIpc) is 2.57. The monoisotopic (exact) mass is 172 g/mol. The van der Waals surface area contributed by atoms with Gasteiger partial charge in [-0.1, -0.05) is 0 Å². The maximum Gasteiger partial charge on any atom is 0.314 e. The molecular formula is C7H16N4O. The summed E-state index contributed by atoms with van der Waals surface area (Å²) in [5, 5.41) is 8.47. The van der Waals surface area contributed by atoms with Crippen LogP contribution < -0.4 is 16.0 Å². The molecular weight excluding hydrogens is 156 g/mol. The van der Waals surface area contributed by atoms with Crippen LogP contribution in [0.2, 0.25) is 0 Å². The largest absolute Gasteiger partial charge is 0.341 e. The summed E-state index contributed by atoms with van der Waals surface area (Å²) in [6.45, 7) is 4.70. The van der Waals surface area contributed by atoms with Gasteiger partial charge in [-0.05, 0) is 0 Å². The molecule has 0 bridgehead atoms. The molecule has 70 valence electrons. The first-order chi connectivity index (χ1) is 5.83. The predicted molar refractivity (Wildman–Crippen MR) is 46.9 cm³/mol. The van der Waals surface area contributed by atoms with Crippen molar-refractivity contribution in [3.05, 3.63) is 0 Å². The Morgan fingerprint density at radius 1 is 1.67 bits per heavy atom. The van der Waals surface area contributed by atoms with Gasteiger partial charge in [0.2, 0.25) is 0 Å². The Labute approximate surface area is 72.5 Å². The molecule has 3 N–H and O–H groups in total. The van der Waals surface area contributed by atoms with E-state index < -0.39 is 0 Å². The highest BCUT2D eigenvalue weighted by Crippen LogP contribution is 1.89. The SMILES string of the molecule is CNC(=O)NCCN1CCNC1. The summed E-state index contributed by atoms with van der Waals surface area (Å²) in [6.07, 6.45) is 0. The highest BCUT2D eigenvalue weighted by Gasteiger charge is 2.09. The second-order valence-electron chi connectivity index (χ2n) is 2.78. The number of rotatable bonds is 3. The van der Waals surface area contributed by atoms with E-state index in [4.69, 9.17) is 0 Å². The van der Waals surface area contributed by atoms with Gasteiger partial charge in [-0.3, -0.25) is 4.90 Å². The number of nitrogens with one attached hydrogen (secondary N) is 3. The number of nitrogens with zero attached hydrogens (tertiary/aromatic N) is 1. The Balaban J connectivity index is 1.97. The van der Waals surface area contributed by atoms with E-state index in [1.807, 2.05) is 0 Å². The highest BCUT2D eigenvalue weighted by atomic mass is 16.2. The summed E-state index contributed by atoms with van der Waals surface area (Å²) in [5.74, 6) is 0. The lowest BCUT2D eigenvalue weighted by Crippen LogP contribution is -2.38. The van der Waals surface area contributed by atoms with Crippen LogP contribution >= 0.6 is 0 Å². The van der Waals surface area contributed by atoms with Crippen LogP contribution in [0.4, 0.5) is 4.79 Å². The van der Waals surface area contributed by atoms with Crippen LogP contribution in [0.1, 0.15) is 0 Å². The standard InChI is InChI=1S/C7H16N4O/c1-8-7(12)10-3-5-11-4-2-9-6-11/h9H,2-6H2,1H3,(H2,8,10,12). The molecule has 0 radical (unpaired) electrons. The third-order valence-electron chi connectivity index (χ3n) is 1.88. The van der Waals surface area contributed by atoms with Gasteiger partial charge < -0.3 is 16.0 Å². The van der Waals surface area contributed by atoms with E-state index >= 15 is 0 Å². The molecule has 0 aromatic rings. The van der Waals surface area contributed by atoms with Crippen molar-refractivity contribution in [2.24, 2.45) is 0 Å². The maximum atomic E-state index is 10.7. The molecule has 5 heteroatoms. The lowest BCUT2D eigenvalue weighted by molar-refractivity contribution is 0.240. The van der Waals surface area contributed by atoms with E-state index in [0.29, 0.717) is 6.54 Å². The molecule has 1 saturated heterocycles. The lowest BCUT2D eigenvalue weighted by Gasteiger charge is -2.13. The molecule has 0 atom stereocenters. The Morgan fingerprint density at radius 3 is 3.08 bits per heavy atom. The molecule has 0 aromatic heterocycles. The van der Waals surface area contributed by atoms with Crippen molar-refractivity contribution in [1.29, 1.82) is 0 Å². The van der Waals surface area contributed by atoms with Crippen molar-refractivity contribution in [3.63, 3.8) is 0 Å². The smallest absolute Gasteiger partial charge is 0.314 e. The summed E-state index contributed by atoms with van der Waals surface area (Å²) in [7, 11) is 1.62. The summed E-state index contributed by atoms with van der Waals surface area (Å²) >= 11 is 0. The van der Waals surface area contributed by atoms with Gasteiger partial charge in [0.1, 0.15) is 0 Å². The third-order valence-corrected chi connectivity index (χ3v) is 1.88. The van der Waals surface area contributed by atoms with Gasteiger partial charge in [-0.25, -0.2) is 4.79 Å². The van der Waals surface area contributed by atoms with Crippen LogP contribution in [0.5, 0.6) is 0 Å². The zero-order valence-corrected chi connectivity index (χ0v) is 7.39. The number of amides is 2. The minimum Gasteiger partial charge on any atom is -0.341 e. The number of hydrogen-bond donors (Lipinski definition) is 3. The van der Waals surface area contributed by atoms with Crippen molar-refractivity contribution in [2.75, 3.05) is 39.9 Å². The fourth-order valence-electron chi connectivity index (χ4n) is 1.16. The summed E-state index contributed by atoms with van der Waals surface area (Å²) in [5.41, 5.74) is 0. The second-order valence-corrected chi connectivity index (χ2v) is 2.78. The molecule has 0 spiro atoms. The van der Waals surface area contributed by atoms with Crippen LogP contribution in [-0.2, 0) is 0 Å². The molecule has 1 rings (SSSR count). The minimum atomic E-state index is -0.109. The first-order valence-electron chi connectivity index (χ1n) is 4.21. The minimum absolute atomic E-state index is 0.109. The zero-order valence-electron chi connectivity index (χ0n) is 7.39. The molecule has 1 aliphatic rings. The number of urea groups is 1. The first-order valence-corrected chi connectivity index (χ1v) is 4.21. The molecule has 5 nitrogen and oxygen atoms in total. The topological polar surface area (TPSA) is 56.4 Å². The second kappa shape index (κ2) is 4.95. The quantitative estimate of drug-likeness (QED) is 0.500. The Kier molecular flexibility index (Phi) is 3.83. The van der Waals surface area contributed by atoms with Gasteiger partial charge in [0.15, 0.2) is 0 Å². The van der Waals surface area contributed by atoms with Gasteiger partial charge in [-0.15, -0.1) is 0 Å². The van der Waals surface area contributed by atoms with Crippen molar-refractivity contribution < 1.29 is 4.79 Å². The normalized spacial score (nSPS) is 17.8. The predicted octanol–water partition coefficient (Wildman–Crippen LogP) is -1.22. The molecule has 2 amide bonds. The summed E-state index contributed by atoms with van der Waals surface area (Å²) in [4.78, 5) is 13.0. The maximum absolute atomic E-state index is 10.7. The lowest BCUT2D eigenvalue weighted by atomic mass is 10.5. The van der Waals surface area contributed by atoms with E-state index in [2.05, 4.69) is 20.9 Å². The van der Waals surface area contributed by atoms with Crippen LogP contribution in [0.3, 0.4) is 0 Å². The van der Waals surface area contributed by atoms with Crippen molar-refractivity contribution in [3.8, 4) is 0 Å². The van der Waals surface area contributed by atoms with Crippen molar-refractivity contribution in [2.45, 2.75) is 0 Å². The summed E-state index contributed by atoms with van der Waals surface area (Å²) < 4.78 is 0. The van der Waals surface area contributed by atoms with E-state index in [9.17, 15) is 4.79 Å². The van der Waals surface area contributed by atoms with Crippen molar-refractivity contribution in [1.82, 2.24) is 20.9 Å². The number of carbonyl (C=O) groups is 1. The molecule has 1 fully saturated rings. The molecule has 0 aliphatic carbocycles. The Morgan fingerprint density at radius 2 is 2.50 bits per heavy atom. The zero-order chi connectivity index (χ0) is 8.81. The van der Waals surface area contributed by atoms with Gasteiger partial charge in [-0.2, -0.15) is 0 Å². The van der Waals surface area contributed by atoms with Gasteiger partial charge in [0.25, 0.3) is 0 Å². The number of hydrogen-bond acceptors (Lipinski definition) is 3. The Bertz CT molecular complexity index is 144. The van der Waals surface area contributed by atoms with E-state index in [1.54, 1.807) is 7.05 Å². The molecule has 0 saturated carbocycles. The van der Waals surface area contributed by atoms with E-state index in [-0.39, 0.29) is 6.03 Å². The fraction of sp³-hybridized carbons (Fsp3) is 0.857. The number of carbonyl (C=O) groups excluding carboxylic acids is 1. The molecule has 1 heterocycles. The molecule has 0 aromatic carbocycles. The average molecular weight is 172 g/mol. The van der Waals surface area contributed by atoms with E-state index in [0.717, 1.165) is 26.3 Å². The van der Waals surface area contributed by atoms with Crippen LogP contribution in [0, 0.1) is 0 Å². The molecule has 12 heavy (non-hydrogen) atoms. The fourth-order valence-corrected chi connectivity index (χ4v) is 1.16. The van der Waals surface area contributed by atoms with E-state index in [1.165, 1.54) is 0 Å². The van der Waals surface area contributed by atoms with Gasteiger partial charge in [0.05, 0.1) is 0 Å². The molecule has 0 unspecified atom stereocenters. The van der Waals surface area contributed by atoms with Gasteiger partial charge >= 0.3 is 6.03 Å².